The van der Waals surface area contributed by atoms with Crippen LogP contribution in [0.15, 0.2) is 60.7 Å². The number of carbonyl (C=O) groups is 1. The van der Waals surface area contributed by atoms with E-state index in [4.69, 9.17) is 0 Å². The number of nitrogens with zero attached hydrogens (tertiary/aromatic N) is 2. The highest BCUT2D eigenvalue weighted by Gasteiger charge is 2.22. The van der Waals surface area contributed by atoms with E-state index in [1.807, 2.05) is 48.5 Å². The van der Waals surface area contributed by atoms with Gasteiger partial charge in [0.1, 0.15) is 10.3 Å². The summed E-state index contributed by atoms with van der Waals surface area (Å²) in [5, 5.41) is 11.2. The number of carbonyl (C=O) groups excluding carboxylic acids is 1. The van der Waals surface area contributed by atoms with Gasteiger partial charge in [-0.2, -0.15) is 0 Å². The lowest BCUT2D eigenvalue weighted by Crippen LogP contribution is -2.18. The van der Waals surface area contributed by atoms with Crippen LogP contribution >= 0.6 is 23.4 Å². The maximum atomic E-state index is 12.3. The van der Waals surface area contributed by atoms with Gasteiger partial charge >= 0.3 is 0 Å². The van der Waals surface area contributed by atoms with E-state index in [1.54, 1.807) is 12.1 Å². The van der Waals surface area contributed by atoms with Crippen LogP contribution in [-0.2, 0) is 4.79 Å². The number of benzene rings is 2. The molecule has 0 aliphatic rings. The number of hydrogen-bond donors (Lipinski definition) is 2. The predicted molar refractivity (Wildman–Crippen MR) is 93.4 cm³/mol. The fraction of sp³-hybridized carbons (Fsp3) is 0.0625. The van der Waals surface area contributed by atoms with E-state index < -0.39 is 5.25 Å². The molecule has 7 heteroatoms. The summed E-state index contributed by atoms with van der Waals surface area (Å²) in [7, 11) is 0. The molecule has 1 atom stereocenters. The van der Waals surface area contributed by atoms with Gasteiger partial charge in [-0.3, -0.25) is 10.1 Å². The topological polar surface area (TPSA) is 75.1 Å². The molecule has 5 nitrogen and oxygen atoms in total. The van der Waals surface area contributed by atoms with Crippen molar-refractivity contribution in [3.05, 3.63) is 66.2 Å². The minimum atomic E-state index is -0.708. The van der Waals surface area contributed by atoms with Crippen molar-refractivity contribution in [2.24, 2.45) is 0 Å². The number of amides is 1. The molecular formula is C16H13N3O2S2. The van der Waals surface area contributed by atoms with Crippen LogP contribution < -0.4 is 5.32 Å². The van der Waals surface area contributed by atoms with Crippen molar-refractivity contribution >= 4 is 34.4 Å². The first-order valence-electron chi connectivity index (χ1n) is 6.83. The van der Waals surface area contributed by atoms with Gasteiger partial charge in [0.05, 0.1) is 0 Å². The summed E-state index contributed by atoms with van der Waals surface area (Å²) >= 11 is 1.79. The summed E-state index contributed by atoms with van der Waals surface area (Å²) in [5.41, 5.74) is 1.67. The Morgan fingerprint density at radius 1 is 1.04 bits per heavy atom. The van der Waals surface area contributed by atoms with E-state index in [-0.39, 0.29) is 5.91 Å². The molecule has 3 aromatic rings. The maximum absolute atomic E-state index is 12.3. The standard InChI is InChI=1S/C16H13N3O2S2/c20-14(13(23-21)11-7-3-1-4-8-11)17-16-19-18-15(22-16)12-9-5-2-6-10-12/h1-10,13,21H,(H,17,19,20). The number of nitrogens with one attached hydrogen (secondary N) is 1. The van der Waals surface area contributed by atoms with Crippen LogP contribution in [0.3, 0.4) is 0 Å². The second kappa shape index (κ2) is 7.36. The molecule has 0 saturated heterocycles. The van der Waals surface area contributed by atoms with Gasteiger partial charge in [0, 0.05) is 17.6 Å². The predicted octanol–water partition coefficient (Wildman–Crippen LogP) is 4.09. The summed E-state index contributed by atoms with van der Waals surface area (Å²) in [6.45, 7) is 0. The molecule has 2 aromatic carbocycles. The zero-order valence-corrected chi connectivity index (χ0v) is 13.6. The van der Waals surface area contributed by atoms with Crippen LogP contribution in [0.25, 0.3) is 10.6 Å². The zero-order valence-electron chi connectivity index (χ0n) is 11.9. The van der Waals surface area contributed by atoms with Crippen LogP contribution in [-0.4, -0.2) is 20.7 Å². The van der Waals surface area contributed by atoms with Gasteiger partial charge < -0.3 is 4.55 Å². The lowest BCUT2D eigenvalue weighted by atomic mass is 10.1. The lowest BCUT2D eigenvalue weighted by molar-refractivity contribution is -0.115. The van der Waals surface area contributed by atoms with E-state index in [1.165, 1.54) is 11.3 Å². The van der Waals surface area contributed by atoms with Crippen molar-refractivity contribution in [2.45, 2.75) is 5.25 Å². The number of hydrogen-bond acceptors (Lipinski definition) is 6. The third kappa shape index (κ3) is 3.76. The molecule has 0 aliphatic carbocycles. The fourth-order valence-corrected chi connectivity index (χ4v) is 3.22. The van der Waals surface area contributed by atoms with Crippen molar-refractivity contribution in [3.8, 4) is 10.6 Å². The van der Waals surface area contributed by atoms with Gasteiger partial charge in [-0.25, -0.2) is 0 Å². The Hall–Kier alpha value is -2.22. The highest BCUT2D eigenvalue weighted by molar-refractivity contribution is 7.94. The zero-order chi connectivity index (χ0) is 16.1. The minimum Gasteiger partial charge on any atom is -0.329 e. The molecule has 3 rings (SSSR count). The molecule has 0 radical (unpaired) electrons. The van der Waals surface area contributed by atoms with Crippen LogP contribution in [0.1, 0.15) is 10.8 Å². The van der Waals surface area contributed by atoms with Gasteiger partial charge in [0.25, 0.3) is 0 Å². The molecule has 1 amide bonds. The molecule has 23 heavy (non-hydrogen) atoms. The van der Waals surface area contributed by atoms with Gasteiger partial charge in [-0.1, -0.05) is 72.0 Å². The molecular weight excluding hydrogens is 330 g/mol. The molecule has 0 aliphatic heterocycles. The smallest absolute Gasteiger partial charge is 0.246 e. The molecule has 1 unspecified atom stereocenters. The van der Waals surface area contributed by atoms with E-state index in [2.05, 4.69) is 15.5 Å². The molecule has 0 saturated carbocycles. The first-order valence-corrected chi connectivity index (χ1v) is 8.48. The lowest BCUT2D eigenvalue weighted by Gasteiger charge is -2.11. The molecule has 1 heterocycles. The Morgan fingerprint density at radius 3 is 2.35 bits per heavy atom. The Morgan fingerprint density at radius 2 is 1.70 bits per heavy atom. The van der Waals surface area contributed by atoms with Gasteiger partial charge in [0.15, 0.2) is 0 Å². The van der Waals surface area contributed by atoms with E-state index in [0.717, 1.165) is 16.1 Å². The molecule has 1 aromatic heterocycles. The molecule has 0 bridgehead atoms. The summed E-state index contributed by atoms with van der Waals surface area (Å²) in [6.07, 6.45) is 0. The highest BCUT2D eigenvalue weighted by Crippen LogP contribution is 2.30. The van der Waals surface area contributed by atoms with Crippen molar-refractivity contribution in [2.75, 3.05) is 5.32 Å². The maximum Gasteiger partial charge on any atom is 0.246 e. The van der Waals surface area contributed by atoms with Crippen molar-refractivity contribution in [1.82, 2.24) is 10.2 Å². The molecule has 2 N–H and O–H groups in total. The first kappa shape index (κ1) is 15.7. The molecule has 0 spiro atoms. The Bertz CT molecular complexity index is 778. The molecule has 116 valence electrons. The highest BCUT2D eigenvalue weighted by atomic mass is 32.2. The third-order valence-corrected chi connectivity index (χ3v) is 4.71. The molecule has 0 fully saturated rings. The summed E-state index contributed by atoms with van der Waals surface area (Å²) in [6, 6.07) is 18.7. The van der Waals surface area contributed by atoms with E-state index in [9.17, 15) is 9.35 Å². The van der Waals surface area contributed by atoms with E-state index >= 15 is 0 Å². The second-order valence-corrected chi connectivity index (χ2v) is 6.32. The second-order valence-electron chi connectivity index (χ2n) is 4.66. The van der Waals surface area contributed by atoms with Gasteiger partial charge in [-0.05, 0) is 5.56 Å². The number of anilines is 1. The van der Waals surface area contributed by atoms with Crippen molar-refractivity contribution in [3.63, 3.8) is 0 Å². The largest absolute Gasteiger partial charge is 0.329 e. The van der Waals surface area contributed by atoms with E-state index in [0.29, 0.717) is 17.2 Å². The van der Waals surface area contributed by atoms with Crippen LogP contribution in [0.2, 0.25) is 0 Å². The normalized spacial score (nSPS) is 11.9. The number of rotatable bonds is 5. The van der Waals surface area contributed by atoms with Gasteiger partial charge in [-0.15, -0.1) is 10.2 Å². The summed E-state index contributed by atoms with van der Waals surface area (Å²) in [5.74, 6) is -0.334. The van der Waals surface area contributed by atoms with Crippen molar-refractivity contribution < 1.29 is 9.35 Å². The van der Waals surface area contributed by atoms with Crippen LogP contribution in [0.5, 0.6) is 0 Å². The number of aromatic nitrogens is 2. The average Bonchev–Trinajstić information content (AvgIpc) is 3.06. The fourth-order valence-electron chi connectivity index (χ4n) is 2.03. The summed E-state index contributed by atoms with van der Waals surface area (Å²) < 4.78 is 9.43. The third-order valence-electron chi connectivity index (χ3n) is 3.12. The Kier molecular flexibility index (Phi) is 5.02. The summed E-state index contributed by atoms with van der Waals surface area (Å²) in [4.78, 5) is 12.3. The monoisotopic (exact) mass is 343 g/mol. The van der Waals surface area contributed by atoms with Gasteiger partial charge in [0.2, 0.25) is 11.0 Å². The quantitative estimate of drug-likeness (QED) is 0.683. The van der Waals surface area contributed by atoms with Crippen LogP contribution in [0.4, 0.5) is 5.13 Å². The first-order chi connectivity index (χ1) is 11.3. The Labute approximate surface area is 141 Å². The van der Waals surface area contributed by atoms with Crippen LogP contribution in [0, 0.1) is 0 Å². The average molecular weight is 343 g/mol. The Balaban J connectivity index is 1.74. The minimum absolute atomic E-state index is 0.334. The van der Waals surface area contributed by atoms with Crippen molar-refractivity contribution in [1.29, 1.82) is 0 Å². The SMILES string of the molecule is O=C(Nc1nnc(-c2ccccc2)s1)C(SO)c1ccccc1.